The zero-order valence-corrected chi connectivity index (χ0v) is 7.72. The van der Waals surface area contributed by atoms with Crippen LogP contribution in [0.25, 0.3) is 11.0 Å². The Balaban J connectivity index is 2.89. The lowest BCUT2D eigenvalue weighted by Gasteiger charge is -1.98. The predicted octanol–water partition coefficient (Wildman–Crippen LogP) is 1.88. The van der Waals surface area contributed by atoms with Crippen LogP contribution >= 0.6 is 11.6 Å². The molecule has 0 saturated heterocycles. The van der Waals surface area contributed by atoms with Gasteiger partial charge in [0.25, 0.3) is 5.56 Å². The van der Waals surface area contributed by atoms with Gasteiger partial charge in [-0.25, -0.2) is 4.98 Å². The third kappa shape index (κ3) is 1.42. The second-order valence-corrected chi connectivity index (χ2v) is 3.24. The molecule has 66 valence electrons. The van der Waals surface area contributed by atoms with E-state index in [1.54, 1.807) is 0 Å². The molecule has 0 bridgehead atoms. The largest absolute Gasteiger partial charge is 0.318 e. The molecule has 2 aromatic rings. The number of aromatic amines is 1. The molecule has 13 heavy (non-hydrogen) atoms. The van der Waals surface area contributed by atoms with E-state index in [2.05, 4.69) is 9.97 Å². The van der Waals surface area contributed by atoms with Gasteiger partial charge < -0.3 is 4.98 Å². The summed E-state index contributed by atoms with van der Waals surface area (Å²) in [6.45, 7) is 1.96. The number of fused-ring (bicyclic) bond motifs is 1. The smallest absolute Gasteiger partial charge is 0.286 e. The van der Waals surface area contributed by atoms with Crippen LogP contribution in [0.5, 0.6) is 0 Å². The second-order valence-electron chi connectivity index (χ2n) is 2.88. The van der Waals surface area contributed by atoms with Crippen LogP contribution in [0.2, 0.25) is 5.15 Å². The van der Waals surface area contributed by atoms with Crippen molar-refractivity contribution in [2.45, 2.75) is 6.92 Å². The Morgan fingerprint density at radius 1 is 1.46 bits per heavy atom. The molecule has 1 N–H and O–H groups in total. The van der Waals surface area contributed by atoms with E-state index in [1.807, 2.05) is 25.1 Å². The first-order chi connectivity index (χ1) is 6.16. The van der Waals surface area contributed by atoms with Gasteiger partial charge in [-0.3, -0.25) is 4.79 Å². The molecule has 4 heteroatoms. The van der Waals surface area contributed by atoms with Crippen LogP contribution in [0.3, 0.4) is 0 Å². The van der Waals surface area contributed by atoms with Gasteiger partial charge in [0.05, 0.1) is 11.0 Å². The summed E-state index contributed by atoms with van der Waals surface area (Å²) in [6.07, 6.45) is 0. The SMILES string of the molecule is Cc1ccc2[nH]c(=O)c(Cl)nc2c1. The summed E-state index contributed by atoms with van der Waals surface area (Å²) < 4.78 is 0. The van der Waals surface area contributed by atoms with E-state index in [4.69, 9.17) is 11.6 Å². The normalized spacial score (nSPS) is 10.6. The Bertz CT molecular complexity index is 518. The zero-order chi connectivity index (χ0) is 9.42. The number of hydrogen-bond donors (Lipinski definition) is 1. The quantitative estimate of drug-likeness (QED) is 0.696. The third-order valence-electron chi connectivity index (χ3n) is 1.81. The van der Waals surface area contributed by atoms with Crippen molar-refractivity contribution in [1.82, 2.24) is 9.97 Å². The van der Waals surface area contributed by atoms with Crippen LogP contribution in [-0.4, -0.2) is 9.97 Å². The fourth-order valence-corrected chi connectivity index (χ4v) is 1.31. The van der Waals surface area contributed by atoms with Gasteiger partial charge in [0, 0.05) is 0 Å². The molecule has 0 atom stereocenters. The van der Waals surface area contributed by atoms with Gasteiger partial charge in [-0.2, -0.15) is 0 Å². The highest BCUT2D eigenvalue weighted by molar-refractivity contribution is 6.29. The summed E-state index contributed by atoms with van der Waals surface area (Å²) in [6, 6.07) is 5.60. The first-order valence-corrected chi connectivity index (χ1v) is 4.21. The number of nitrogens with one attached hydrogen (secondary N) is 1. The van der Waals surface area contributed by atoms with Gasteiger partial charge >= 0.3 is 0 Å². The Morgan fingerprint density at radius 3 is 3.00 bits per heavy atom. The molecule has 3 nitrogen and oxygen atoms in total. The summed E-state index contributed by atoms with van der Waals surface area (Å²) in [4.78, 5) is 17.7. The lowest BCUT2D eigenvalue weighted by Crippen LogP contribution is -2.08. The van der Waals surface area contributed by atoms with E-state index in [0.717, 1.165) is 5.56 Å². The van der Waals surface area contributed by atoms with E-state index in [9.17, 15) is 4.79 Å². The molecule has 1 aromatic heterocycles. The minimum atomic E-state index is -0.349. The van der Waals surface area contributed by atoms with Crippen molar-refractivity contribution in [1.29, 1.82) is 0 Å². The fourth-order valence-electron chi connectivity index (χ4n) is 1.17. The van der Waals surface area contributed by atoms with E-state index in [0.29, 0.717) is 11.0 Å². The first kappa shape index (κ1) is 8.26. The number of H-pyrrole nitrogens is 1. The lowest BCUT2D eigenvalue weighted by atomic mass is 10.2. The van der Waals surface area contributed by atoms with E-state index in [1.165, 1.54) is 0 Å². The van der Waals surface area contributed by atoms with Gasteiger partial charge in [-0.1, -0.05) is 17.7 Å². The topological polar surface area (TPSA) is 45.8 Å². The monoisotopic (exact) mass is 194 g/mol. The predicted molar refractivity (Wildman–Crippen MR) is 52.1 cm³/mol. The Labute approximate surface area is 79.4 Å². The highest BCUT2D eigenvalue weighted by Crippen LogP contribution is 2.10. The van der Waals surface area contributed by atoms with Crippen molar-refractivity contribution >= 4 is 22.6 Å². The van der Waals surface area contributed by atoms with Crippen LogP contribution < -0.4 is 5.56 Å². The highest BCUT2D eigenvalue weighted by atomic mass is 35.5. The Morgan fingerprint density at radius 2 is 2.23 bits per heavy atom. The number of aromatic nitrogens is 2. The van der Waals surface area contributed by atoms with Crippen LogP contribution in [0.1, 0.15) is 5.56 Å². The number of rotatable bonds is 0. The summed E-state index contributed by atoms with van der Waals surface area (Å²) in [5.74, 6) is 0. The van der Waals surface area contributed by atoms with Crippen molar-refractivity contribution in [3.8, 4) is 0 Å². The summed E-state index contributed by atoms with van der Waals surface area (Å²) in [5, 5.41) is -0.0156. The van der Waals surface area contributed by atoms with Crippen LogP contribution in [0.15, 0.2) is 23.0 Å². The molecule has 0 saturated carbocycles. The fraction of sp³-hybridized carbons (Fsp3) is 0.111. The molecule has 0 fully saturated rings. The average Bonchev–Trinajstić information content (AvgIpc) is 2.08. The van der Waals surface area contributed by atoms with E-state index >= 15 is 0 Å². The molecule has 1 aromatic carbocycles. The molecule has 0 spiro atoms. The molecule has 0 aliphatic heterocycles. The maximum absolute atomic E-state index is 11.1. The Hall–Kier alpha value is -1.35. The summed E-state index contributed by atoms with van der Waals surface area (Å²) >= 11 is 5.59. The second kappa shape index (κ2) is 2.85. The van der Waals surface area contributed by atoms with Crippen LogP contribution in [0, 0.1) is 6.92 Å². The lowest BCUT2D eigenvalue weighted by molar-refractivity contribution is 1.21. The Kier molecular flexibility index (Phi) is 1.81. The van der Waals surface area contributed by atoms with Gasteiger partial charge in [0.2, 0.25) is 0 Å². The molecule has 0 aliphatic carbocycles. The van der Waals surface area contributed by atoms with Crippen molar-refractivity contribution in [3.05, 3.63) is 39.3 Å². The molecular weight excluding hydrogens is 188 g/mol. The van der Waals surface area contributed by atoms with Gasteiger partial charge in [-0.05, 0) is 24.6 Å². The molecule has 1 heterocycles. The summed E-state index contributed by atoms with van der Waals surface area (Å²) in [5.41, 5.74) is 2.16. The zero-order valence-electron chi connectivity index (χ0n) is 6.97. The number of aryl methyl sites for hydroxylation is 1. The van der Waals surface area contributed by atoms with Crippen molar-refractivity contribution in [2.24, 2.45) is 0 Å². The van der Waals surface area contributed by atoms with E-state index in [-0.39, 0.29) is 10.7 Å². The van der Waals surface area contributed by atoms with E-state index < -0.39 is 0 Å². The minimum absolute atomic E-state index is 0.0156. The highest BCUT2D eigenvalue weighted by Gasteiger charge is 2.00. The van der Waals surface area contributed by atoms with Crippen molar-refractivity contribution in [3.63, 3.8) is 0 Å². The van der Waals surface area contributed by atoms with Gasteiger partial charge in [0.15, 0.2) is 5.15 Å². The number of nitrogens with zero attached hydrogens (tertiary/aromatic N) is 1. The molecule has 0 unspecified atom stereocenters. The average molecular weight is 195 g/mol. The van der Waals surface area contributed by atoms with Gasteiger partial charge in [0.1, 0.15) is 0 Å². The molecule has 0 radical (unpaired) electrons. The number of benzene rings is 1. The molecular formula is C9H7ClN2O. The molecule has 0 aliphatic rings. The maximum atomic E-state index is 11.1. The molecule has 2 rings (SSSR count). The van der Waals surface area contributed by atoms with Crippen LogP contribution in [0.4, 0.5) is 0 Å². The number of hydrogen-bond acceptors (Lipinski definition) is 2. The van der Waals surface area contributed by atoms with Gasteiger partial charge in [-0.15, -0.1) is 0 Å². The van der Waals surface area contributed by atoms with Crippen LogP contribution in [-0.2, 0) is 0 Å². The molecule has 0 amide bonds. The minimum Gasteiger partial charge on any atom is -0.318 e. The summed E-state index contributed by atoms with van der Waals surface area (Å²) in [7, 11) is 0. The maximum Gasteiger partial charge on any atom is 0.286 e. The third-order valence-corrected chi connectivity index (χ3v) is 2.06. The standard InChI is InChI=1S/C9H7ClN2O/c1-5-2-3-6-7(4-5)11-8(10)9(13)12-6/h2-4H,1H3,(H,12,13). The first-order valence-electron chi connectivity index (χ1n) is 3.83. The number of halogens is 1. The van der Waals surface area contributed by atoms with Crippen molar-refractivity contribution < 1.29 is 0 Å². The van der Waals surface area contributed by atoms with Crippen molar-refractivity contribution in [2.75, 3.05) is 0 Å².